The number of nitrogens with two attached hydrogens (primary N) is 1. The van der Waals surface area contributed by atoms with Crippen molar-refractivity contribution >= 4 is 16.2 Å². The molecule has 0 aromatic carbocycles. The number of nitrogens with zero attached hydrogens (tertiary/aromatic N) is 2. The van der Waals surface area contributed by atoms with Gasteiger partial charge in [-0.3, -0.25) is 0 Å². The van der Waals surface area contributed by atoms with Gasteiger partial charge in [0.2, 0.25) is 0 Å². The van der Waals surface area contributed by atoms with Crippen molar-refractivity contribution in [3.05, 3.63) is 12.0 Å². The molecule has 1 saturated heterocycles. The summed E-state index contributed by atoms with van der Waals surface area (Å²) >= 11 is 1.79. The Balaban J connectivity index is 2.35. The molecule has 114 valence electrons. The molecule has 1 aliphatic rings. The van der Waals surface area contributed by atoms with Crippen molar-refractivity contribution in [2.75, 3.05) is 11.9 Å². The standard InChI is InChI=1S/C10H14N4O5.Pt/c11-3-12-9-5(1-15)13-4-14(9)10-8(18)7(17)6(2-16)19-10;/h1,4,6-8,10,12,16-18H,2,11H2;. The molecule has 0 spiro atoms. The SMILES string of the molecule is N[C](=[Pt])Nc1c(C=O)ncn1C1OC(CO)C(O)C1O. The third kappa shape index (κ3) is 2.73. The number of anilines is 1. The van der Waals surface area contributed by atoms with E-state index < -0.39 is 31.1 Å². The van der Waals surface area contributed by atoms with Gasteiger partial charge >= 0.3 is 124 Å². The molecular formula is C10H14N4O5Pt. The molecule has 1 fully saturated rings. The van der Waals surface area contributed by atoms with Gasteiger partial charge in [-0.25, -0.2) is 0 Å². The number of aromatic nitrogens is 2. The van der Waals surface area contributed by atoms with Crippen LogP contribution in [0.2, 0.25) is 0 Å². The average Bonchev–Trinajstić information content (AvgIpc) is 2.92. The van der Waals surface area contributed by atoms with E-state index in [0.717, 1.165) is 0 Å². The van der Waals surface area contributed by atoms with Gasteiger partial charge in [0.15, 0.2) is 0 Å². The summed E-state index contributed by atoms with van der Waals surface area (Å²) in [5, 5.41) is 31.5. The summed E-state index contributed by atoms with van der Waals surface area (Å²) in [6.07, 6.45) is -2.59. The normalized spacial score (nSPS) is 29.5. The van der Waals surface area contributed by atoms with Gasteiger partial charge in [0.1, 0.15) is 0 Å². The molecule has 0 amide bonds. The second kappa shape index (κ2) is 6.21. The number of carbonyl (C=O) groups is 1. The van der Waals surface area contributed by atoms with Gasteiger partial charge in [-0.1, -0.05) is 0 Å². The quantitative estimate of drug-likeness (QED) is 0.296. The number of imidazole rings is 1. The summed E-state index contributed by atoms with van der Waals surface area (Å²) in [6, 6.07) is 0. The number of hydrogen-bond donors (Lipinski definition) is 5. The van der Waals surface area contributed by atoms with Crippen LogP contribution in [0.3, 0.4) is 0 Å². The van der Waals surface area contributed by atoms with Gasteiger partial charge in [0.05, 0.1) is 0 Å². The zero-order valence-electron chi connectivity index (χ0n) is 10.1. The molecule has 0 radical (unpaired) electrons. The molecule has 4 unspecified atom stereocenters. The monoisotopic (exact) mass is 465 g/mol. The topological polar surface area (TPSA) is 143 Å². The third-order valence-electron chi connectivity index (χ3n) is 2.96. The third-order valence-corrected chi connectivity index (χ3v) is 3.24. The van der Waals surface area contributed by atoms with Gasteiger partial charge in [-0.15, -0.1) is 0 Å². The van der Waals surface area contributed by atoms with E-state index in [1.54, 1.807) is 19.4 Å². The first-order chi connectivity index (χ1) is 9.49. The van der Waals surface area contributed by atoms with Crippen LogP contribution in [-0.2, 0) is 24.1 Å². The van der Waals surface area contributed by atoms with Gasteiger partial charge in [0, 0.05) is 0 Å². The van der Waals surface area contributed by atoms with Crippen LogP contribution in [0.25, 0.3) is 0 Å². The fourth-order valence-corrected chi connectivity index (χ4v) is 2.27. The predicted octanol–water partition coefficient (Wildman–Crippen LogP) is -2.69. The van der Waals surface area contributed by atoms with E-state index in [0.29, 0.717) is 10.4 Å². The summed E-state index contributed by atoms with van der Waals surface area (Å²) in [5.74, 6) is 0.238. The van der Waals surface area contributed by atoms with Crippen LogP contribution in [0.15, 0.2) is 6.33 Å². The Hall–Kier alpha value is -0.962. The molecule has 10 heteroatoms. The van der Waals surface area contributed by atoms with Crippen LogP contribution in [0.1, 0.15) is 16.7 Å². The Bertz CT molecular complexity index is 522. The fraction of sp³-hybridized carbons (Fsp3) is 0.500. The van der Waals surface area contributed by atoms with E-state index in [9.17, 15) is 15.0 Å². The number of aldehydes is 1. The average molecular weight is 465 g/mol. The molecule has 1 aromatic rings. The summed E-state index contributed by atoms with van der Waals surface area (Å²) in [6.45, 7) is -0.437. The van der Waals surface area contributed by atoms with E-state index >= 15 is 0 Å². The van der Waals surface area contributed by atoms with Crippen molar-refractivity contribution in [2.45, 2.75) is 24.5 Å². The number of nitrogens with one attached hydrogen (secondary N) is 1. The van der Waals surface area contributed by atoms with Crippen molar-refractivity contribution < 1.29 is 44.2 Å². The summed E-state index contributed by atoms with van der Waals surface area (Å²) in [4.78, 5) is 14.8. The Kier molecular flexibility index (Phi) is 4.79. The first kappa shape index (κ1) is 15.4. The van der Waals surface area contributed by atoms with E-state index in [1.807, 2.05) is 0 Å². The second-order valence-corrected chi connectivity index (χ2v) is 5.40. The number of hydrogen-bond acceptors (Lipinski definition) is 8. The van der Waals surface area contributed by atoms with Crippen LogP contribution in [-0.4, -0.2) is 60.2 Å². The first-order valence-electron chi connectivity index (χ1n) is 5.66. The van der Waals surface area contributed by atoms with Crippen molar-refractivity contribution in [1.29, 1.82) is 0 Å². The molecule has 1 aromatic heterocycles. The zero-order valence-corrected chi connectivity index (χ0v) is 12.4. The first-order valence-corrected chi connectivity index (χ1v) is 6.79. The second-order valence-electron chi connectivity index (χ2n) is 4.17. The number of rotatable bonds is 5. The van der Waals surface area contributed by atoms with Crippen LogP contribution >= 0.6 is 0 Å². The maximum absolute atomic E-state index is 10.9. The summed E-state index contributed by atoms with van der Waals surface area (Å²) in [7, 11) is 0. The van der Waals surface area contributed by atoms with Gasteiger partial charge in [-0.2, -0.15) is 0 Å². The fourth-order valence-electron chi connectivity index (χ4n) is 2.00. The summed E-state index contributed by atoms with van der Waals surface area (Å²) < 4.78 is 7.01. The van der Waals surface area contributed by atoms with Crippen molar-refractivity contribution in [2.24, 2.45) is 5.73 Å². The molecule has 0 bridgehead atoms. The van der Waals surface area contributed by atoms with Crippen LogP contribution in [0.4, 0.5) is 5.82 Å². The number of carbonyl (C=O) groups excluding carboxylic acids is 1. The molecule has 0 aliphatic carbocycles. The molecule has 20 heavy (non-hydrogen) atoms. The summed E-state index contributed by atoms with van der Waals surface area (Å²) in [5.41, 5.74) is 5.62. The van der Waals surface area contributed by atoms with Crippen molar-refractivity contribution in [3.63, 3.8) is 0 Å². The minimum absolute atomic E-state index is 0.0859. The van der Waals surface area contributed by atoms with Crippen LogP contribution in [0, 0.1) is 0 Å². The number of aliphatic hydroxyl groups excluding tert-OH is 3. The molecule has 9 nitrogen and oxygen atoms in total. The molecule has 1 aliphatic heterocycles. The molecule has 6 N–H and O–H groups in total. The molecule has 0 saturated carbocycles. The Morgan fingerprint density at radius 2 is 2.30 bits per heavy atom. The molecular weight excluding hydrogens is 451 g/mol. The van der Waals surface area contributed by atoms with Gasteiger partial charge in [-0.05, 0) is 0 Å². The predicted molar refractivity (Wildman–Crippen MR) is 63.4 cm³/mol. The molecule has 2 heterocycles. The van der Waals surface area contributed by atoms with E-state index in [1.165, 1.54) is 10.9 Å². The number of aliphatic hydroxyl groups is 3. The molecule has 4 atom stereocenters. The Morgan fingerprint density at radius 1 is 1.60 bits per heavy atom. The Morgan fingerprint density at radius 3 is 2.80 bits per heavy atom. The maximum atomic E-state index is 10.9. The Labute approximate surface area is 124 Å². The molecule has 2 rings (SSSR count). The van der Waals surface area contributed by atoms with Crippen molar-refractivity contribution in [3.8, 4) is 0 Å². The van der Waals surface area contributed by atoms with E-state index in [2.05, 4.69) is 10.3 Å². The minimum atomic E-state index is -1.27. The zero-order chi connectivity index (χ0) is 14.9. The van der Waals surface area contributed by atoms with Gasteiger partial charge in [0.25, 0.3) is 0 Å². The van der Waals surface area contributed by atoms with Crippen molar-refractivity contribution in [1.82, 2.24) is 9.55 Å². The van der Waals surface area contributed by atoms with E-state index in [-0.39, 0.29) is 11.5 Å². The van der Waals surface area contributed by atoms with E-state index in [4.69, 9.17) is 15.6 Å². The van der Waals surface area contributed by atoms with Crippen LogP contribution < -0.4 is 11.1 Å². The number of ether oxygens (including phenoxy) is 1. The van der Waals surface area contributed by atoms with Gasteiger partial charge < -0.3 is 0 Å². The van der Waals surface area contributed by atoms with Crippen LogP contribution in [0.5, 0.6) is 0 Å².